The van der Waals surface area contributed by atoms with Crippen LogP contribution in [0, 0.1) is 96.9 Å². The SMILES string of the molecule is Cc1c(C)c(C)c2c(nc(C)n2C)c1C.Cc1cnc2c3ccccc3c3ccccc3c2n1.Cc1cnc2ccccc2n1.Cc1nc(-c2ccccc2)cc(-c2ccccc2)n1.Cc1nc(-c2ccccc2)nc(-c2ccccc2)n1.Cc1nc(C)n(C)c1C.Cc1ncc2c3ccccc3c3ccccc3c2n1.Cc1ncc2ccccc2n1. The molecule has 0 aliphatic carbocycles. The molecule has 0 saturated carbocycles. The van der Waals surface area contributed by atoms with Crippen LogP contribution in [0.15, 0.2) is 298 Å². The highest BCUT2D eigenvalue weighted by Crippen LogP contribution is 2.36. The van der Waals surface area contributed by atoms with Gasteiger partial charge in [0.2, 0.25) is 0 Å². The first-order valence-electron chi connectivity index (χ1n) is 40.7. The van der Waals surface area contributed by atoms with E-state index in [0.717, 1.165) is 135 Å². The zero-order chi connectivity index (χ0) is 85.5. The minimum atomic E-state index is 0.715. The number of para-hydroxylation sites is 3. The highest BCUT2D eigenvalue weighted by atomic mass is 15.1. The van der Waals surface area contributed by atoms with Gasteiger partial charge in [-0.15, -0.1) is 0 Å². The van der Waals surface area contributed by atoms with E-state index in [-0.39, 0.29) is 0 Å². The number of imidazole rings is 2. The third-order valence-corrected chi connectivity index (χ3v) is 21.7. The van der Waals surface area contributed by atoms with Crippen LogP contribution >= 0.6 is 0 Å². The molecule has 0 saturated heterocycles. The first-order valence-corrected chi connectivity index (χ1v) is 40.7. The highest BCUT2D eigenvalue weighted by molar-refractivity contribution is 6.24. The third-order valence-electron chi connectivity index (χ3n) is 21.7. The maximum atomic E-state index is 4.69. The van der Waals surface area contributed by atoms with Gasteiger partial charge in [0.15, 0.2) is 11.6 Å². The van der Waals surface area contributed by atoms with Crippen molar-refractivity contribution in [1.82, 2.24) is 83.9 Å². The standard InChI is InChI=1S/2C17H12N2.C17H14N2.C16H13N3.C13H18N2.2C9H8N2.C7H12N2/c1-11-10-18-16-14-8-4-2-6-12(14)13-7-3-5-9-15(13)17(16)19-11;1-11-18-10-16-14-8-3-2-6-12(14)13-7-4-5-9-15(13)17(16)19-11;1-13-18-16(14-8-4-2-5-9-14)12-17(19-13)15-10-6-3-7-11-15;1-12-17-15(13-8-4-2-5-9-13)19-16(18-12)14-10-6-3-7-11-14;1-7-8(2)10(4)13-12(9(7)3)14-11(5)15(13)6;1-7-10-6-8-4-2-3-5-9(8)11-7;1-7-6-10-8-4-2-3-5-9(8)11-7;1-5-6(2)9(4)7(3)8-5/h2*2-10H,1H3;2-12H,1H3;2-11H,1H3;1-6H3;2*2-6H,1H3;1-4H3. The van der Waals surface area contributed by atoms with Gasteiger partial charge in [-0.05, 0) is 170 Å². The molecular formula is C105H97N17. The van der Waals surface area contributed by atoms with Gasteiger partial charge in [0.25, 0.3) is 0 Å². The number of rotatable bonds is 4. The molecule has 8 aromatic heterocycles. The maximum Gasteiger partial charge on any atom is 0.163 e. The molecule has 21 aromatic rings. The van der Waals surface area contributed by atoms with Crippen molar-refractivity contribution in [3.63, 3.8) is 0 Å². The van der Waals surface area contributed by atoms with Gasteiger partial charge in [-0.25, -0.2) is 64.8 Å². The molecule has 0 N–H and O–H groups in total. The van der Waals surface area contributed by atoms with Crippen molar-refractivity contribution in [2.75, 3.05) is 0 Å². The lowest BCUT2D eigenvalue weighted by Crippen LogP contribution is -1.99. The molecule has 0 aliphatic heterocycles. The smallest absolute Gasteiger partial charge is 0.163 e. The number of benzene rings is 13. The van der Waals surface area contributed by atoms with Crippen LogP contribution in [-0.2, 0) is 14.1 Å². The fourth-order valence-electron chi connectivity index (χ4n) is 14.7. The molecule has 0 aliphatic rings. The normalized spacial score (nSPS) is 10.8. The van der Waals surface area contributed by atoms with Crippen molar-refractivity contribution in [3.8, 4) is 45.3 Å². The summed E-state index contributed by atoms with van der Waals surface area (Å²) in [6.45, 7) is 28.5. The predicted octanol–water partition coefficient (Wildman–Crippen LogP) is 24.5. The largest absolute Gasteiger partial charge is 0.335 e. The molecule has 13 aromatic carbocycles. The van der Waals surface area contributed by atoms with Crippen LogP contribution in [0.2, 0.25) is 0 Å². The Kier molecular flexibility index (Phi) is 26.1. The summed E-state index contributed by atoms with van der Waals surface area (Å²) in [6, 6.07) is 91.8. The van der Waals surface area contributed by atoms with E-state index in [1.165, 1.54) is 76.6 Å². The second kappa shape index (κ2) is 38.2. The molecule has 17 heteroatoms. The van der Waals surface area contributed by atoms with Crippen LogP contribution in [0.4, 0.5) is 0 Å². The Hall–Kier alpha value is -15.0. The van der Waals surface area contributed by atoms with E-state index in [1.807, 2.05) is 233 Å². The number of fused-ring (bicyclic) bond motifs is 15. The molecule has 8 heterocycles. The zero-order valence-corrected chi connectivity index (χ0v) is 71.9. The third kappa shape index (κ3) is 19.2. The number of nitrogens with zero attached hydrogens (tertiary/aromatic N) is 17. The van der Waals surface area contributed by atoms with Crippen LogP contribution in [0.5, 0.6) is 0 Å². The fraction of sp³-hybridized carbons (Fsp3) is 0.152. The Morgan fingerprint density at radius 2 is 0.631 bits per heavy atom. The lowest BCUT2D eigenvalue weighted by molar-refractivity contribution is 0.827. The van der Waals surface area contributed by atoms with Gasteiger partial charge in [-0.2, -0.15) is 0 Å². The van der Waals surface area contributed by atoms with E-state index < -0.39 is 0 Å². The van der Waals surface area contributed by atoms with E-state index in [4.69, 9.17) is 4.98 Å². The average molecular weight is 1600 g/mol. The fourth-order valence-corrected chi connectivity index (χ4v) is 14.7. The number of hydrogen-bond donors (Lipinski definition) is 0. The summed E-state index contributed by atoms with van der Waals surface area (Å²) in [5.41, 5.74) is 24.3. The van der Waals surface area contributed by atoms with Gasteiger partial charge in [-0.1, -0.05) is 249 Å². The molecular weight excluding hydrogens is 1500 g/mol. The van der Waals surface area contributed by atoms with Gasteiger partial charge in [0, 0.05) is 93.8 Å². The molecule has 0 radical (unpaired) electrons. The first kappa shape index (κ1) is 83.5. The van der Waals surface area contributed by atoms with Crippen molar-refractivity contribution in [2.45, 2.75) is 96.9 Å². The summed E-state index contributed by atoms with van der Waals surface area (Å²) in [6.07, 6.45) is 7.40. The summed E-state index contributed by atoms with van der Waals surface area (Å²) in [7, 11) is 4.12. The topological polar surface area (TPSA) is 203 Å². The van der Waals surface area contributed by atoms with Crippen LogP contribution in [-0.4, -0.2) is 83.9 Å². The van der Waals surface area contributed by atoms with Crippen LogP contribution in [0.25, 0.3) is 143 Å². The highest BCUT2D eigenvalue weighted by Gasteiger charge is 2.17. The molecule has 0 fully saturated rings. The predicted molar refractivity (Wildman–Crippen MR) is 502 cm³/mol. The van der Waals surface area contributed by atoms with Gasteiger partial charge in [0.1, 0.15) is 34.9 Å². The van der Waals surface area contributed by atoms with Gasteiger partial charge >= 0.3 is 0 Å². The van der Waals surface area contributed by atoms with Crippen molar-refractivity contribution in [3.05, 3.63) is 378 Å². The quantitative estimate of drug-likeness (QED) is 0.150. The molecule has 17 nitrogen and oxygen atoms in total. The number of aryl methyl sites for hydroxylation is 12. The maximum absolute atomic E-state index is 4.69. The first-order chi connectivity index (χ1) is 59.1. The van der Waals surface area contributed by atoms with Crippen molar-refractivity contribution in [1.29, 1.82) is 0 Å². The molecule has 21 rings (SSSR count). The van der Waals surface area contributed by atoms with Crippen molar-refractivity contribution in [2.24, 2.45) is 14.1 Å². The second-order valence-electron chi connectivity index (χ2n) is 30.0. The Morgan fingerprint density at radius 3 is 1.15 bits per heavy atom. The average Bonchev–Trinajstić information content (AvgIpc) is 0.955. The molecule has 602 valence electrons. The molecule has 0 bridgehead atoms. The van der Waals surface area contributed by atoms with E-state index in [2.05, 4.69) is 249 Å². The summed E-state index contributed by atoms with van der Waals surface area (Å²) < 4.78 is 4.28. The summed E-state index contributed by atoms with van der Waals surface area (Å²) in [5, 5.41) is 12.0. The summed E-state index contributed by atoms with van der Waals surface area (Å²) in [4.78, 5) is 66.5. The Balaban J connectivity index is 0.000000115. The van der Waals surface area contributed by atoms with Gasteiger partial charge in [0.05, 0.1) is 72.6 Å². The summed E-state index contributed by atoms with van der Waals surface area (Å²) in [5.74, 6) is 6.76. The molecule has 0 amide bonds. The summed E-state index contributed by atoms with van der Waals surface area (Å²) >= 11 is 0. The monoisotopic (exact) mass is 1600 g/mol. The van der Waals surface area contributed by atoms with Crippen molar-refractivity contribution < 1.29 is 0 Å². The van der Waals surface area contributed by atoms with Crippen LogP contribution < -0.4 is 0 Å². The minimum absolute atomic E-state index is 0.715. The zero-order valence-electron chi connectivity index (χ0n) is 71.9. The molecule has 122 heavy (non-hydrogen) atoms. The van der Waals surface area contributed by atoms with E-state index >= 15 is 0 Å². The van der Waals surface area contributed by atoms with Gasteiger partial charge < -0.3 is 9.13 Å². The molecule has 0 unspecified atom stereocenters. The number of hydrogen-bond acceptors (Lipinski definition) is 15. The molecule has 0 atom stereocenters. The van der Waals surface area contributed by atoms with Crippen LogP contribution in [0.1, 0.15) is 80.0 Å². The Morgan fingerprint density at radius 1 is 0.230 bits per heavy atom. The lowest BCUT2D eigenvalue weighted by Gasteiger charge is -2.11. The lowest BCUT2D eigenvalue weighted by atomic mass is 9.97. The van der Waals surface area contributed by atoms with E-state index in [1.54, 1.807) is 6.20 Å². The second-order valence-corrected chi connectivity index (χ2v) is 30.0. The number of aromatic nitrogens is 17. The Labute approximate surface area is 711 Å². The Bertz CT molecular complexity index is 6710. The van der Waals surface area contributed by atoms with E-state index in [9.17, 15) is 0 Å². The van der Waals surface area contributed by atoms with Gasteiger partial charge in [-0.3, -0.25) is 9.97 Å². The van der Waals surface area contributed by atoms with Crippen molar-refractivity contribution >= 4 is 98.0 Å². The molecule has 0 spiro atoms. The van der Waals surface area contributed by atoms with Crippen LogP contribution in [0.3, 0.4) is 0 Å². The minimum Gasteiger partial charge on any atom is -0.335 e. The van der Waals surface area contributed by atoms with E-state index in [0.29, 0.717) is 11.6 Å².